The van der Waals surface area contributed by atoms with Gasteiger partial charge >= 0.3 is 5.97 Å². The molecule has 25 heavy (non-hydrogen) atoms. The molecule has 0 amide bonds. The topological polar surface area (TPSA) is 98.8 Å². The molecule has 2 rings (SSSR count). The summed E-state index contributed by atoms with van der Waals surface area (Å²) in [6.45, 7) is -0.543. The molecule has 0 aliphatic rings. The highest BCUT2D eigenvalue weighted by atomic mass is 32.2. The van der Waals surface area contributed by atoms with Crippen LogP contribution in [0.15, 0.2) is 46.0 Å². The third-order valence-corrected chi connectivity index (χ3v) is 6.01. The molecule has 7 nitrogen and oxygen atoms in total. The van der Waals surface area contributed by atoms with E-state index in [1.807, 2.05) is 0 Å². The molecule has 9 heteroatoms. The summed E-state index contributed by atoms with van der Waals surface area (Å²) in [5, 5.41) is 1.65. The molecular formula is C16H17NO6S2. The first-order valence-corrected chi connectivity index (χ1v) is 9.65. The third-order valence-electron chi connectivity index (χ3n) is 3.15. The van der Waals surface area contributed by atoms with Crippen molar-refractivity contribution in [3.8, 4) is 5.75 Å². The van der Waals surface area contributed by atoms with Crippen molar-refractivity contribution >= 4 is 33.1 Å². The number of carbonyl (C=O) groups excluding carboxylic acids is 2. The fourth-order valence-corrected chi connectivity index (χ4v) is 4.02. The van der Waals surface area contributed by atoms with E-state index in [4.69, 9.17) is 9.47 Å². The van der Waals surface area contributed by atoms with E-state index < -0.39 is 28.4 Å². The van der Waals surface area contributed by atoms with Gasteiger partial charge < -0.3 is 9.47 Å². The van der Waals surface area contributed by atoms with Crippen molar-refractivity contribution < 1.29 is 27.5 Å². The molecule has 0 spiro atoms. The Morgan fingerprint density at radius 1 is 1.16 bits per heavy atom. The summed E-state index contributed by atoms with van der Waals surface area (Å²) in [5.74, 6) is -0.672. The molecular weight excluding hydrogens is 366 g/mol. The lowest BCUT2D eigenvalue weighted by molar-refractivity contribution is -0.142. The average molecular weight is 383 g/mol. The molecule has 2 aromatic rings. The number of Topliss-reactive ketones (excluding diaryl/α,β-unsaturated/α-hetero) is 1. The van der Waals surface area contributed by atoms with Crippen LogP contribution in [0.4, 0.5) is 0 Å². The van der Waals surface area contributed by atoms with Crippen molar-refractivity contribution in [1.82, 2.24) is 4.72 Å². The standard InChI is InChI=1S/C16H17NO6S2/c1-22-14-6-3-2-5-12(14)13(18)11-23-15(19)8-9-17-25(20,21)16-7-4-10-24-16/h2-7,10,17H,8-9,11H2,1H3. The number of nitrogens with one attached hydrogen (secondary N) is 1. The Bertz CT molecular complexity index is 830. The summed E-state index contributed by atoms with van der Waals surface area (Å²) < 4.78 is 36.2. The number of hydrogen-bond donors (Lipinski definition) is 1. The first kappa shape index (κ1) is 19.1. The number of rotatable bonds is 9. The Morgan fingerprint density at radius 2 is 1.92 bits per heavy atom. The zero-order valence-electron chi connectivity index (χ0n) is 13.4. The van der Waals surface area contributed by atoms with Gasteiger partial charge in [0.1, 0.15) is 9.96 Å². The predicted molar refractivity (Wildman–Crippen MR) is 92.4 cm³/mol. The molecule has 1 aromatic heterocycles. The van der Waals surface area contributed by atoms with Gasteiger partial charge in [0.15, 0.2) is 6.61 Å². The van der Waals surface area contributed by atoms with Crippen LogP contribution in [-0.4, -0.2) is 40.4 Å². The van der Waals surface area contributed by atoms with Gasteiger partial charge in [0, 0.05) is 6.54 Å². The van der Waals surface area contributed by atoms with Crippen LogP contribution in [0, 0.1) is 0 Å². The van der Waals surface area contributed by atoms with Crippen LogP contribution in [0.1, 0.15) is 16.8 Å². The SMILES string of the molecule is COc1ccccc1C(=O)COC(=O)CCNS(=O)(=O)c1cccs1. The number of hydrogen-bond acceptors (Lipinski definition) is 7. The van der Waals surface area contributed by atoms with Crippen molar-refractivity contribution in [3.05, 3.63) is 47.3 Å². The second kappa shape index (κ2) is 8.75. The Hall–Kier alpha value is -2.23. The van der Waals surface area contributed by atoms with Crippen LogP contribution >= 0.6 is 11.3 Å². The number of thiophene rings is 1. The minimum absolute atomic E-state index is 0.109. The number of sulfonamides is 1. The highest BCUT2D eigenvalue weighted by molar-refractivity contribution is 7.91. The fourth-order valence-electron chi connectivity index (χ4n) is 1.95. The predicted octanol–water partition coefficient (Wildman–Crippen LogP) is 1.85. The minimum atomic E-state index is -3.62. The Balaban J connectivity index is 1.78. The molecule has 0 saturated carbocycles. The number of ketones is 1. The Morgan fingerprint density at radius 3 is 2.60 bits per heavy atom. The lowest BCUT2D eigenvalue weighted by Crippen LogP contribution is -2.26. The molecule has 0 bridgehead atoms. The molecule has 0 aliphatic carbocycles. The molecule has 0 atom stereocenters. The minimum Gasteiger partial charge on any atom is -0.496 e. The quantitative estimate of drug-likeness (QED) is 0.524. The summed E-state index contributed by atoms with van der Waals surface area (Å²) >= 11 is 1.08. The molecule has 0 radical (unpaired) electrons. The third kappa shape index (κ3) is 5.38. The van der Waals surface area contributed by atoms with Gasteiger partial charge in [-0.05, 0) is 23.6 Å². The first-order chi connectivity index (χ1) is 11.9. The molecule has 1 heterocycles. The summed E-state index contributed by atoms with van der Waals surface area (Å²) in [5.41, 5.74) is 0.316. The second-order valence-corrected chi connectivity index (χ2v) is 7.81. The van der Waals surface area contributed by atoms with E-state index >= 15 is 0 Å². The number of benzene rings is 1. The maximum atomic E-state index is 12.0. The van der Waals surface area contributed by atoms with E-state index in [1.54, 1.807) is 35.7 Å². The van der Waals surface area contributed by atoms with Crippen LogP contribution in [-0.2, 0) is 19.6 Å². The normalized spacial score (nSPS) is 11.1. The molecule has 0 aliphatic heterocycles. The summed E-state index contributed by atoms with van der Waals surface area (Å²) in [7, 11) is -2.18. The van der Waals surface area contributed by atoms with E-state index in [0.717, 1.165) is 11.3 Å². The Labute approximate surface area is 149 Å². The monoisotopic (exact) mass is 383 g/mol. The summed E-state index contributed by atoms with van der Waals surface area (Å²) in [6.07, 6.45) is -0.177. The van der Waals surface area contributed by atoms with Gasteiger partial charge in [0.2, 0.25) is 15.8 Å². The number of ether oxygens (including phenoxy) is 2. The molecule has 1 aromatic carbocycles. The molecule has 134 valence electrons. The van der Waals surface area contributed by atoms with Gasteiger partial charge in [-0.2, -0.15) is 0 Å². The summed E-state index contributed by atoms with van der Waals surface area (Å²) in [6, 6.07) is 9.70. The van der Waals surface area contributed by atoms with Crippen LogP contribution in [0.25, 0.3) is 0 Å². The lowest BCUT2D eigenvalue weighted by atomic mass is 10.1. The number of methoxy groups -OCH3 is 1. The van der Waals surface area contributed by atoms with Crippen LogP contribution in [0.3, 0.4) is 0 Å². The molecule has 1 N–H and O–H groups in total. The largest absolute Gasteiger partial charge is 0.496 e. The van der Waals surface area contributed by atoms with E-state index in [9.17, 15) is 18.0 Å². The maximum Gasteiger partial charge on any atom is 0.307 e. The molecule has 0 fully saturated rings. The maximum absolute atomic E-state index is 12.0. The Kier molecular flexibility index (Phi) is 6.68. The number of esters is 1. The average Bonchev–Trinajstić information content (AvgIpc) is 3.15. The zero-order valence-corrected chi connectivity index (χ0v) is 15.1. The fraction of sp³-hybridized carbons (Fsp3) is 0.250. The van der Waals surface area contributed by atoms with Crippen molar-refractivity contribution in [2.75, 3.05) is 20.3 Å². The van der Waals surface area contributed by atoms with Crippen molar-refractivity contribution in [1.29, 1.82) is 0 Å². The van der Waals surface area contributed by atoms with E-state index in [1.165, 1.54) is 13.2 Å². The molecule has 0 saturated heterocycles. The van der Waals surface area contributed by atoms with Gasteiger partial charge in [0.05, 0.1) is 19.1 Å². The van der Waals surface area contributed by atoms with Gasteiger partial charge in [-0.25, -0.2) is 13.1 Å². The van der Waals surface area contributed by atoms with Crippen molar-refractivity contribution in [2.24, 2.45) is 0 Å². The second-order valence-electron chi connectivity index (χ2n) is 4.86. The first-order valence-electron chi connectivity index (χ1n) is 7.29. The van der Waals surface area contributed by atoms with Gasteiger partial charge in [-0.3, -0.25) is 9.59 Å². The number of carbonyl (C=O) groups is 2. The zero-order chi connectivity index (χ0) is 18.3. The van der Waals surface area contributed by atoms with Gasteiger partial charge in [0.25, 0.3) is 0 Å². The van der Waals surface area contributed by atoms with Crippen molar-refractivity contribution in [3.63, 3.8) is 0 Å². The van der Waals surface area contributed by atoms with E-state index in [2.05, 4.69) is 4.72 Å². The lowest BCUT2D eigenvalue weighted by Gasteiger charge is -2.08. The van der Waals surface area contributed by atoms with Gasteiger partial charge in [-0.15, -0.1) is 11.3 Å². The van der Waals surface area contributed by atoms with E-state index in [-0.39, 0.29) is 17.2 Å². The van der Waals surface area contributed by atoms with Crippen LogP contribution in [0.5, 0.6) is 5.75 Å². The van der Waals surface area contributed by atoms with Crippen molar-refractivity contribution in [2.45, 2.75) is 10.6 Å². The highest BCUT2D eigenvalue weighted by Crippen LogP contribution is 2.18. The summed E-state index contributed by atoms with van der Waals surface area (Å²) in [4.78, 5) is 23.7. The number of para-hydroxylation sites is 1. The smallest absolute Gasteiger partial charge is 0.307 e. The highest BCUT2D eigenvalue weighted by Gasteiger charge is 2.17. The molecule has 0 unspecified atom stereocenters. The van der Waals surface area contributed by atoms with Crippen LogP contribution in [0.2, 0.25) is 0 Å². The van der Waals surface area contributed by atoms with Gasteiger partial charge in [-0.1, -0.05) is 18.2 Å². The van der Waals surface area contributed by atoms with Crippen LogP contribution < -0.4 is 9.46 Å². The van der Waals surface area contributed by atoms with E-state index in [0.29, 0.717) is 11.3 Å².